The van der Waals surface area contributed by atoms with E-state index >= 15 is 0 Å². The maximum absolute atomic E-state index is 4.81. The molecule has 0 amide bonds. The first-order valence-electron chi connectivity index (χ1n) is 10.3. The third kappa shape index (κ3) is 8.81. The molecule has 1 aromatic rings. The fraction of sp³-hybridized carbons (Fsp3) is 0.800. The highest BCUT2D eigenvalue weighted by molar-refractivity contribution is 14.0. The van der Waals surface area contributed by atoms with Gasteiger partial charge in [0.25, 0.3) is 0 Å². The molecule has 0 aliphatic heterocycles. The van der Waals surface area contributed by atoms with E-state index in [0.717, 1.165) is 31.5 Å². The Morgan fingerprint density at radius 3 is 2.63 bits per heavy atom. The van der Waals surface area contributed by atoms with E-state index in [9.17, 15) is 0 Å². The summed E-state index contributed by atoms with van der Waals surface area (Å²) in [5.74, 6) is 1.92. The van der Waals surface area contributed by atoms with Crippen molar-refractivity contribution in [1.82, 2.24) is 25.3 Å². The number of hydrogen-bond acceptors (Lipinski definition) is 3. The second-order valence-corrected chi connectivity index (χ2v) is 7.72. The van der Waals surface area contributed by atoms with Gasteiger partial charge in [-0.3, -0.25) is 9.67 Å². The zero-order valence-corrected chi connectivity index (χ0v) is 19.9. The lowest BCUT2D eigenvalue weighted by Gasteiger charge is -2.22. The van der Waals surface area contributed by atoms with Crippen molar-refractivity contribution < 1.29 is 0 Å². The Morgan fingerprint density at radius 1 is 1.30 bits per heavy atom. The second kappa shape index (κ2) is 13.4. The summed E-state index contributed by atoms with van der Waals surface area (Å²) in [5.41, 5.74) is 1.20. The van der Waals surface area contributed by atoms with Crippen LogP contribution in [-0.2, 0) is 7.05 Å². The Morgan fingerprint density at radius 2 is 2.04 bits per heavy atom. The monoisotopic (exact) mass is 490 g/mol. The fourth-order valence-electron chi connectivity index (χ4n) is 3.76. The topological polar surface area (TPSA) is 57.5 Å². The third-order valence-electron chi connectivity index (χ3n) is 5.31. The number of rotatable bonds is 10. The summed E-state index contributed by atoms with van der Waals surface area (Å²) in [6.45, 7) is 4.71. The third-order valence-corrected chi connectivity index (χ3v) is 5.31. The average molecular weight is 490 g/mol. The number of nitrogens with zero attached hydrogens (tertiary/aromatic N) is 4. The van der Waals surface area contributed by atoms with Crippen molar-refractivity contribution in [2.45, 2.75) is 57.9 Å². The van der Waals surface area contributed by atoms with Gasteiger partial charge in [0.1, 0.15) is 0 Å². The maximum atomic E-state index is 4.81. The van der Waals surface area contributed by atoms with Crippen molar-refractivity contribution in [3.8, 4) is 0 Å². The van der Waals surface area contributed by atoms with Crippen LogP contribution in [0.4, 0.5) is 0 Å². The molecule has 1 fully saturated rings. The largest absolute Gasteiger partial charge is 0.357 e. The van der Waals surface area contributed by atoms with Crippen LogP contribution in [0.2, 0.25) is 0 Å². The molecule has 0 aromatic carbocycles. The maximum Gasteiger partial charge on any atom is 0.191 e. The quantitative estimate of drug-likeness (QED) is 0.228. The van der Waals surface area contributed by atoms with Gasteiger partial charge in [0.15, 0.2) is 5.96 Å². The summed E-state index contributed by atoms with van der Waals surface area (Å²) in [7, 11) is 6.14. The summed E-state index contributed by atoms with van der Waals surface area (Å²) < 4.78 is 1.85. The lowest BCUT2D eigenvalue weighted by molar-refractivity contribution is 0.306. The van der Waals surface area contributed by atoms with Gasteiger partial charge in [0, 0.05) is 31.9 Å². The lowest BCUT2D eigenvalue weighted by atomic mass is 10.0. The van der Waals surface area contributed by atoms with Crippen LogP contribution in [0, 0.1) is 5.92 Å². The molecule has 1 aliphatic carbocycles. The van der Waals surface area contributed by atoms with Crippen LogP contribution < -0.4 is 10.6 Å². The van der Waals surface area contributed by atoms with Crippen molar-refractivity contribution in [2.24, 2.45) is 18.0 Å². The first kappa shape index (κ1) is 24.2. The molecule has 1 atom stereocenters. The smallest absolute Gasteiger partial charge is 0.191 e. The number of nitrogens with one attached hydrogen (secondary N) is 2. The molecule has 0 radical (unpaired) electrons. The van der Waals surface area contributed by atoms with Crippen molar-refractivity contribution in [2.75, 3.05) is 33.7 Å². The molecule has 7 heteroatoms. The Hall–Kier alpha value is -0.830. The van der Waals surface area contributed by atoms with E-state index in [1.165, 1.54) is 50.5 Å². The molecule has 1 heterocycles. The van der Waals surface area contributed by atoms with Crippen LogP contribution in [-0.4, -0.2) is 54.4 Å². The number of guanidine groups is 1. The Balaban J connectivity index is 0.00000364. The number of halogens is 1. The molecule has 156 valence electrons. The number of hydrogen-bond donors (Lipinski definition) is 2. The molecule has 6 nitrogen and oxygen atoms in total. The highest BCUT2D eigenvalue weighted by Crippen LogP contribution is 2.28. The minimum atomic E-state index is 0. The summed E-state index contributed by atoms with van der Waals surface area (Å²) in [5, 5.41) is 11.2. The Bertz CT molecular complexity index is 536. The average Bonchev–Trinajstić information content (AvgIpc) is 3.26. The zero-order valence-electron chi connectivity index (χ0n) is 17.6. The van der Waals surface area contributed by atoms with E-state index in [1.54, 1.807) is 0 Å². The van der Waals surface area contributed by atoms with E-state index in [2.05, 4.69) is 47.8 Å². The number of unbranched alkanes of at least 4 members (excludes halogenated alkanes) is 1. The van der Waals surface area contributed by atoms with Crippen LogP contribution in [0.25, 0.3) is 0 Å². The fourth-order valence-corrected chi connectivity index (χ4v) is 3.76. The molecule has 0 bridgehead atoms. The van der Waals surface area contributed by atoms with Crippen LogP contribution in [0.15, 0.2) is 17.4 Å². The van der Waals surface area contributed by atoms with Gasteiger partial charge in [-0.1, -0.05) is 38.5 Å². The van der Waals surface area contributed by atoms with Crippen molar-refractivity contribution in [3.63, 3.8) is 0 Å². The van der Waals surface area contributed by atoms with Crippen LogP contribution in [0.5, 0.6) is 0 Å². The molecule has 2 rings (SSSR count). The van der Waals surface area contributed by atoms with E-state index in [-0.39, 0.29) is 30.0 Å². The van der Waals surface area contributed by atoms with Gasteiger partial charge in [0.05, 0.1) is 18.8 Å². The molecular weight excluding hydrogens is 451 g/mol. The highest BCUT2D eigenvalue weighted by Gasteiger charge is 2.16. The number of aliphatic imine (C=N–C) groups is 1. The SMILES string of the molecule is CCNC(=NCC(c1cnn(C)c1)N(C)C)NCCCCC1CCCC1.I. The molecule has 0 spiro atoms. The highest BCUT2D eigenvalue weighted by atomic mass is 127. The summed E-state index contributed by atoms with van der Waals surface area (Å²) >= 11 is 0. The van der Waals surface area contributed by atoms with Gasteiger partial charge < -0.3 is 15.5 Å². The second-order valence-electron chi connectivity index (χ2n) is 7.72. The number of aromatic nitrogens is 2. The predicted octanol–water partition coefficient (Wildman–Crippen LogP) is 3.56. The molecule has 2 N–H and O–H groups in total. The van der Waals surface area contributed by atoms with Crippen molar-refractivity contribution in [1.29, 1.82) is 0 Å². The van der Waals surface area contributed by atoms with Gasteiger partial charge in [-0.25, -0.2) is 0 Å². The van der Waals surface area contributed by atoms with E-state index in [1.807, 2.05) is 17.9 Å². The van der Waals surface area contributed by atoms with Gasteiger partial charge in [-0.05, 0) is 33.4 Å². The van der Waals surface area contributed by atoms with E-state index in [0.29, 0.717) is 0 Å². The van der Waals surface area contributed by atoms with Crippen molar-refractivity contribution >= 4 is 29.9 Å². The molecule has 1 aliphatic rings. The molecule has 1 aromatic heterocycles. The first-order chi connectivity index (χ1) is 12.6. The Labute approximate surface area is 182 Å². The summed E-state index contributed by atoms with van der Waals surface area (Å²) in [4.78, 5) is 7.01. The molecular formula is C20H39IN6. The predicted molar refractivity (Wildman–Crippen MR) is 125 cm³/mol. The standard InChI is InChI=1S/C20H38N6.HI/c1-5-21-20(22-13-9-8-12-17-10-6-7-11-17)23-15-19(25(2)3)18-14-24-26(4)16-18;/h14,16-17,19H,5-13,15H2,1-4H3,(H2,21,22,23);1H. The summed E-state index contributed by atoms with van der Waals surface area (Å²) in [6, 6.07) is 0.238. The van der Waals surface area contributed by atoms with E-state index in [4.69, 9.17) is 4.99 Å². The van der Waals surface area contributed by atoms with Gasteiger partial charge >= 0.3 is 0 Å². The van der Waals surface area contributed by atoms with Gasteiger partial charge in [0.2, 0.25) is 0 Å². The van der Waals surface area contributed by atoms with Crippen LogP contribution in [0.3, 0.4) is 0 Å². The molecule has 1 saturated carbocycles. The van der Waals surface area contributed by atoms with Crippen LogP contribution in [0.1, 0.15) is 63.5 Å². The molecule has 0 saturated heterocycles. The van der Waals surface area contributed by atoms with Crippen molar-refractivity contribution in [3.05, 3.63) is 18.0 Å². The Kier molecular flexibility index (Phi) is 12.0. The molecule has 27 heavy (non-hydrogen) atoms. The normalized spacial score (nSPS) is 16.4. The van der Waals surface area contributed by atoms with Gasteiger partial charge in [-0.15, -0.1) is 24.0 Å². The molecule has 1 unspecified atom stereocenters. The lowest BCUT2D eigenvalue weighted by Crippen LogP contribution is -2.38. The van der Waals surface area contributed by atoms with Gasteiger partial charge in [-0.2, -0.15) is 5.10 Å². The number of likely N-dealkylation sites (N-methyl/N-ethyl adjacent to an activating group) is 1. The van der Waals surface area contributed by atoms with E-state index < -0.39 is 0 Å². The summed E-state index contributed by atoms with van der Waals surface area (Å²) in [6.07, 6.45) is 13.8. The van der Waals surface area contributed by atoms with Crippen LogP contribution >= 0.6 is 24.0 Å². The minimum Gasteiger partial charge on any atom is -0.357 e. The number of aryl methyl sites for hydroxylation is 1. The zero-order chi connectivity index (χ0) is 18.8. The minimum absolute atomic E-state index is 0. The first-order valence-corrected chi connectivity index (χ1v) is 10.3.